The molecule has 56 heavy (non-hydrogen) atoms. The van der Waals surface area contributed by atoms with Gasteiger partial charge < -0.3 is 9.80 Å². The molecule has 0 aliphatic rings. The van der Waals surface area contributed by atoms with Crippen LogP contribution in [-0.4, -0.2) is 7.64 Å². The van der Waals surface area contributed by atoms with Crippen molar-refractivity contribution in [2.24, 2.45) is 0 Å². The van der Waals surface area contributed by atoms with E-state index < -0.39 is 0 Å². The molecular weight excluding hydrogens is 677 g/mol. The van der Waals surface area contributed by atoms with Crippen molar-refractivity contribution in [3.05, 3.63) is 218 Å². The molecule has 0 heterocycles. The second-order valence-electron chi connectivity index (χ2n) is 13.8. The van der Waals surface area contributed by atoms with E-state index in [0.29, 0.717) is 0 Å². The Labute approximate surface area is 329 Å². The summed E-state index contributed by atoms with van der Waals surface area (Å²) in [7, 11) is 4.14. The molecule has 0 spiro atoms. The second-order valence-corrected chi connectivity index (χ2v) is 13.8. The number of nitrogens with one attached hydrogen (secondary N) is 1. The van der Waals surface area contributed by atoms with Crippen LogP contribution in [0, 0.1) is 5.31 Å². The topological polar surface area (TPSA) is 30.3 Å². The Morgan fingerprint density at radius 1 is 0.321 bits per heavy atom. The van der Waals surface area contributed by atoms with E-state index in [1.165, 1.54) is 54.2 Å². The SMILES string of the molecule is [3H]N=[B].c1ccc2cc(N(c3ccc(-c4ccc(N(c5ccc6ccccc6c5)c5cccc6ccccc56)cc4)cc3)c3cccc4ccccc34)ccc2c1. The predicted octanol–water partition coefficient (Wildman–Crippen LogP) is 14.8. The Bertz CT molecular complexity index is 2800. The summed E-state index contributed by atoms with van der Waals surface area (Å²) < 4.78 is 5.61. The smallest absolute Gasteiger partial charge is 0.0540 e. The van der Waals surface area contributed by atoms with Crippen LogP contribution in [0.25, 0.3) is 54.2 Å². The minimum atomic E-state index is 1.11. The summed E-state index contributed by atoms with van der Waals surface area (Å²) in [6.07, 6.45) is 0. The average molecular weight is 717 g/mol. The predicted molar refractivity (Wildman–Crippen MR) is 240 cm³/mol. The zero-order valence-corrected chi connectivity index (χ0v) is 30.7. The number of hydrogen-bond acceptors (Lipinski definition) is 3. The first-order chi connectivity index (χ1) is 28.2. The molecule has 0 aliphatic heterocycles. The van der Waals surface area contributed by atoms with Gasteiger partial charge in [0, 0.05) is 33.5 Å². The molecule has 4 heteroatoms. The van der Waals surface area contributed by atoms with Crippen molar-refractivity contribution >= 4 is 84.9 Å². The van der Waals surface area contributed by atoms with Crippen LogP contribution in [0.4, 0.5) is 34.1 Å². The van der Waals surface area contributed by atoms with Crippen LogP contribution in [0.5, 0.6) is 0 Å². The fourth-order valence-electron chi connectivity index (χ4n) is 7.90. The molecule has 1 radical (unpaired) electrons. The third-order valence-corrected chi connectivity index (χ3v) is 10.6. The van der Waals surface area contributed by atoms with E-state index in [4.69, 9.17) is 1.41 Å². The molecule has 0 aromatic heterocycles. The van der Waals surface area contributed by atoms with E-state index in [9.17, 15) is 0 Å². The van der Waals surface area contributed by atoms with Crippen LogP contribution < -0.4 is 9.80 Å². The summed E-state index contributed by atoms with van der Waals surface area (Å²) in [5.41, 5.74) is 9.13. The summed E-state index contributed by atoms with van der Waals surface area (Å²) in [6, 6.07) is 79.0. The molecule has 0 bridgehead atoms. The Balaban J connectivity index is 0.00000137. The van der Waals surface area contributed by atoms with Gasteiger partial charge in [0.15, 0.2) is 0 Å². The molecule has 10 rings (SSSR count). The average Bonchev–Trinajstić information content (AvgIpc) is 3.27. The van der Waals surface area contributed by atoms with Crippen molar-refractivity contribution in [2.75, 3.05) is 9.80 Å². The van der Waals surface area contributed by atoms with Gasteiger partial charge in [0.2, 0.25) is 0 Å². The van der Waals surface area contributed by atoms with Gasteiger partial charge in [0.25, 0.3) is 0 Å². The van der Waals surface area contributed by atoms with Crippen molar-refractivity contribution in [1.82, 2.24) is 0 Å². The maximum atomic E-state index is 5.61. The van der Waals surface area contributed by atoms with Crippen LogP contribution in [-0.2, 0) is 0 Å². The molecule has 10 aromatic carbocycles. The molecule has 0 aliphatic carbocycles. The first-order valence-corrected chi connectivity index (χ1v) is 18.8. The Kier molecular flexibility index (Phi) is 9.04. The van der Waals surface area contributed by atoms with Crippen LogP contribution in [0.3, 0.4) is 0 Å². The van der Waals surface area contributed by atoms with Gasteiger partial charge in [-0.15, -0.1) is 0 Å². The van der Waals surface area contributed by atoms with Gasteiger partial charge in [-0.25, -0.2) is 0 Å². The number of benzene rings is 10. The van der Waals surface area contributed by atoms with Gasteiger partial charge in [-0.1, -0.05) is 158 Å². The van der Waals surface area contributed by atoms with Crippen molar-refractivity contribution < 1.29 is 1.41 Å². The van der Waals surface area contributed by atoms with Crippen LogP contribution in [0.15, 0.2) is 218 Å². The standard InChI is InChI=1S/C52H36N2.BHN/c1-3-15-43-35-47(33-27-37(43)11-1)53(51-21-9-17-41-13-5-7-19-49(41)51)45-29-23-39(24-30-45)40-25-31-46(32-26-40)54(48-34-28-38-12-2-4-16-44(38)36-48)52-22-10-18-42-14-6-8-20-50(42)52;1-2/h1-36H;2H/i;2T. The molecule has 263 valence electrons. The Morgan fingerprint density at radius 3 is 1.05 bits per heavy atom. The van der Waals surface area contributed by atoms with E-state index >= 15 is 0 Å². The molecule has 1 N–H and O–H groups in total. The third kappa shape index (κ3) is 6.48. The van der Waals surface area contributed by atoms with E-state index in [-0.39, 0.29) is 0 Å². The summed E-state index contributed by atoms with van der Waals surface area (Å²) in [4.78, 5) is 4.76. The summed E-state index contributed by atoms with van der Waals surface area (Å²) in [6.45, 7) is 0. The van der Waals surface area contributed by atoms with Gasteiger partial charge in [0.1, 0.15) is 0 Å². The molecule has 0 fully saturated rings. The first-order valence-electron chi connectivity index (χ1n) is 19.2. The molecular formula is C52H37BN3. The van der Waals surface area contributed by atoms with E-state index in [2.05, 4.69) is 241 Å². The molecule has 0 atom stereocenters. The second kappa shape index (κ2) is 15.2. The van der Waals surface area contributed by atoms with Crippen molar-refractivity contribution in [1.29, 1.82) is 5.31 Å². The Morgan fingerprint density at radius 2 is 0.643 bits per heavy atom. The monoisotopic (exact) mass is 716 g/mol. The summed E-state index contributed by atoms with van der Waals surface area (Å²) in [5.74, 6) is 0. The first kappa shape index (κ1) is 33.3. The maximum absolute atomic E-state index is 5.61. The number of fused-ring (bicyclic) bond motifs is 4. The van der Waals surface area contributed by atoms with E-state index in [1.807, 2.05) is 0 Å². The van der Waals surface area contributed by atoms with E-state index in [0.717, 1.165) is 34.1 Å². The molecule has 0 unspecified atom stereocenters. The van der Waals surface area contributed by atoms with Crippen molar-refractivity contribution in [3.8, 4) is 11.1 Å². The summed E-state index contributed by atoms with van der Waals surface area (Å²) >= 11 is 0. The maximum Gasteiger partial charge on any atom is 0.0540 e. The van der Waals surface area contributed by atoms with Crippen LogP contribution in [0.2, 0.25) is 1.41 Å². The Hall–Kier alpha value is -7.30. The number of nitrogens with zero attached hydrogens (tertiary/aromatic N) is 2. The van der Waals surface area contributed by atoms with Gasteiger partial charge in [-0.3, -0.25) is 0 Å². The minimum absolute atomic E-state index is 1.11. The zero-order valence-electron chi connectivity index (χ0n) is 31.7. The molecule has 0 amide bonds. The normalized spacial score (nSPS) is 11.2. The fourth-order valence-corrected chi connectivity index (χ4v) is 7.90. The van der Waals surface area contributed by atoms with Crippen molar-refractivity contribution in [2.45, 2.75) is 0 Å². The fraction of sp³-hybridized carbons (Fsp3) is 0. The quantitative estimate of drug-likeness (QED) is 0.166. The van der Waals surface area contributed by atoms with Gasteiger partial charge in [-0.2, -0.15) is 0 Å². The molecule has 0 saturated heterocycles. The van der Waals surface area contributed by atoms with Crippen LogP contribution >= 0.6 is 0 Å². The summed E-state index contributed by atoms with van der Waals surface area (Å²) in [5, 5.41) is 12.0. The number of anilines is 6. The molecule has 10 aromatic rings. The molecule has 0 saturated carbocycles. The molecule has 3 nitrogen and oxygen atoms in total. The van der Waals surface area contributed by atoms with Gasteiger partial charge >= 0.3 is 14.4 Å². The van der Waals surface area contributed by atoms with Crippen LogP contribution in [0.1, 0.15) is 0 Å². The van der Waals surface area contributed by atoms with E-state index in [1.54, 1.807) is 0 Å². The minimum Gasteiger partial charge on any atom is -0.310 e. The van der Waals surface area contributed by atoms with Crippen molar-refractivity contribution in [3.63, 3.8) is 0 Å². The largest absolute Gasteiger partial charge is 0.310 e. The van der Waals surface area contributed by atoms with Gasteiger partial charge in [0.05, 0.1) is 11.4 Å². The number of rotatable bonds is 7. The third-order valence-electron chi connectivity index (χ3n) is 10.6. The zero-order chi connectivity index (χ0) is 38.6. The number of hydrogen-bond donors (Lipinski definition) is 1. The van der Waals surface area contributed by atoms with Gasteiger partial charge in [-0.05, 0) is 104 Å².